The molecule has 1 aromatic carbocycles. The third kappa shape index (κ3) is 5.19. The lowest BCUT2D eigenvalue weighted by Crippen LogP contribution is -2.18. The van der Waals surface area contributed by atoms with Crippen LogP contribution in [-0.4, -0.2) is 35.5 Å². The van der Waals surface area contributed by atoms with E-state index in [1.54, 1.807) is 32.2 Å². The van der Waals surface area contributed by atoms with Gasteiger partial charge >= 0.3 is 0 Å². The number of aliphatic imine (C=N–C) groups is 3. The van der Waals surface area contributed by atoms with Gasteiger partial charge in [-0.3, -0.25) is 9.98 Å². The van der Waals surface area contributed by atoms with E-state index in [4.69, 9.17) is 31.9 Å². The van der Waals surface area contributed by atoms with Crippen LogP contribution in [0.3, 0.4) is 0 Å². The van der Waals surface area contributed by atoms with Crippen LogP contribution >= 0.6 is 0 Å². The maximum atomic E-state index is 14.2. The van der Waals surface area contributed by atoms with Gasteiger partial charge in [0, 0.05) is 41.2 Å². The number of amidine groups is 2. The Hall–Kier alpha value is -3.75. The molecule has 9 heteroatoms. The molecule has 1 aromatic heterocycles. The van der Waals surface area contributed by atoms with Gasteiger partial charge in [-0.25, -0.2) is 14.4 Å². The third-order valence-electron chi connectivity index (χ3n) is 5.54. The van der Waals surface area contributed by atoms with Crippen molar-refractivity contribution in [1.29, 1.82) is 0 Å². The molecule has 1 aliphatic heterocycles. The van der Waals surface area contributed by atoms with E-state index in [-0.39, 0.29) is 12.4 Å². The summed E-state index contributed by atoms with van der Waals surface area (Å²) in [5.74, 6) is 1.47. The van der Waals surface area contributed by atoms with Gasteiger partial charge in [-0.05, 0) is 56.9 Å². The summed E-state index contributed by atoms with van der Waals surface area (Å²) in [6.45, 7) is 4.38. The monoisotopic (exact) mass is 449 g/mol. The molecule has 0 amide bonds. The topological polar surface area (TPSA) is 137 Å². The molecule has 1 unspecified atom stereocenters. The molecular formula is C24H28FN7O. The number of aromatic nitrogens is 1. The van der Waals surface area contributed by atoms with E-state index in [2.05, 4.69) is 9.98 Å². The minimum Gasteiger partial charge on any atom is -0.482 e. The number of hydrogen-bond donors (Lipinski definition) is 3. The molecule has 172 valence electrons. The quantitative estimate of drug-likeness (QED) is 0.478. The van der Waals surface area contributed by atoms with Gasteiger partial charge in [-0.2, -0.15) is 0 Å². The van der Waals surface area contributed by atoms with Gasteiger partial charge in [-0.15, -0.1) is 0 Å². The van der Waals surface area contributed by atoms with E-state index in [0.29, 0.717) is 52.3 Å². The first kappa shape index (κ1) is 22.4. The number of pyridine rings is 1. The molecule has 1 aliphatic carbocycles. The second-order valence-corrected chi connectivity index (χ2v) is 8.32. The summed E-state index contributed by atoms with van der Waals surface area (Å²) in [5, 5.41) is 0. The second kappa shape index (κ2) is 9.40. The zero-order valence-corrected chi connectivity index (χ0v) is 18.8. The molecule has 1 saturated carbocycles. The van der Waals surface area contributed by atoms with E-state index in [1.165, 1.54) is 31.2 Å². The van der Waals surface area contributed by atoms with Gasteiger partial charge < -0.3 is 21.9 Å². The van der Waals surface area contributed by atoms with Crippen molar-refractivity contribution in [3.8, 4) is 5.75 Å². The number of nitrogen functional groups attached to an aromatic ring is 1. The van der Waals surface area contributed by atoms with Crippen LogP contribution in [0.4, 0.5) is 10.2 Å². The van der Waals surface area contributed by atoms with Gasteiger partial charge in [0.15, 0.2) is 17.4 Å². The van der Waals surface area contributed by atoms with Gasteiger partial charge in [-0.1, -0.05) is 0 Å². The lowest BCUT2D eigenvalue weighted by Gasteiger charge is -2.21. The molecule has 2 aliphatic rings. The van der Waals surface area contributed by atoms with Crippen molar-refractivity contribution in [3.05, 3.63) is 64.7 Å². The number of fused-ring (bicyclic) bond motifs is 3. The first-order valence-corrected chi connectivity index (χ1v) is 10.9. The number of hydrogen-bond acceptors (Lipinski definition) is 7. The van der Waals surface area contributed by atoms with E-state index >= 15 is 0 Å². The van der Waals surface area contributed by atoms with Crippen molar-refractivity contribution in [2.45, 2.75) is 32.8 Å². The standard InChI is InChI=1S/C24H28FN7O/c1-13-20-8-18(25)5-6-19(20)24(32-14(2)27)31-12-17(9-26)22(29-10-15-3-4-15)16-7-21(33-13)23(28)30-11-16/h5-9,11,13,15H,3-4,10,12,26H2,1-2H3,(H2,28,30)(H2,27,31,32). The molecule has 33 heavy (non-hydrogen) atoms. The smallest absolute Gasteiger partial charge is 0.166 e. The number of nitrogens with two attached hydrogens (primary N) is 3. The summed E-state index contributed by atoms with van der Waals surface area (Å²) in [4.78, 5) is 18.3. The van der Waals surface area contributed by atoms with Gasteiger partial charge in [0.1, 0.15) is 11.9 Å². The predicted molar refractivity (Wildman–Crippen MR) is 129 cm³/mol. The zero-order valence-electron chi connectivity index (χ0n) is 18.8. The number of anilines is 1. The maximum absolute atomic E-state index is 14.2. The molecule has 2 heterocycles. The molecule has 1 fully saturated rings. The average molecular weight is 450 g/mol. The van der Waals surface area contributed by atoms with Crippen LogP contribution in [0.2, 0.25) is 0 Å². The van der Waals surface area contributed by atoms with Crippen molar-refractivity contribution in [1.82, 2.24) is 4.98 Å². The molecule has 0 radical (unpaired) electrons. The van der Waals surface area contributed by atoms with Crippen molar-refractivity contribution >= 4 is 23.2 Å². The first-order chi connectivity index (χ1) is 15.9. The van der Waals surface area contributed by atoms with Crippen molar-refractivity contribution in [2.24, 2.45) is 32.4 Å². The Morgan fingerprint density at radius 1 is 1.30 bits per heavy atom. The molecule has 2 aromatic rings. The molecule has 2 bridgehead atoms. The Bertz CT molecular complexity index is 1180. The fourth-order valence-corrected chi connectivity index (χ4v) is 3.62. The predicted octanol–water partition coefficient (Wildman–Crippen LogP) is 3.12. The van der Waals surface area contributed by atoms with E-state index in [0.717, 1.165) is 5.56 Å². The molecular weight excluding hydrogens is 421 g/mol. The summed E-state index contributed by atoms with van der Waals surface area (Å²) < 4.78 is 20.4. The lowest BCUT2D eigenvalue weighted by atomic mass is 10.0. The summed E-state index contributed by atoms with van der Waals surface area (Å²) in [6, 6.07) is 6.17. The van der Waals surface area contributed by atoms with Gasteiger partial charge in [0.05, 0.1) is 18.1 Å². The fraction of sp³-hybridized carbons (Fsp3) is 0.333. The van der Waals surface area contributed by atoms with Crippen LogP contribution in [0.25, 0.3) is 0 Å². The van der Waals surface area contributed by atoms with Crippen LogP contribution in [0.15, 0.2) is 57.2 Å². The van der Waals surface area contributed by atoms with Gasteiger partial charge in [0.2, 0.25) is 0 Å². The summed E-state index contributed by atoms with van der Waals surface area (Å²) in [6.07, 6.45) is 4.91. The van der Waals surface area contributed by atoms with E-state index in [1.807, 2.05) is 0 Å². The SMILES string of the molecule is CC(N)=NC1=NCC(=CN)C(=NCC2CC2)c2cnc(N)c(c2)OC(C)c2cc(F)ccc21. The highest BCUT2D eigenvalue weighted by Gasteiger charge is 2.24. The van der Waals surface area contributed by atoms with Crippen molar-refractivity contribution < 1.29 is 9.13 Å². The number of halogens is 1. The Labute approximate surface area is 192 Å². The number of rotatable bonds is 2. The van der Waals surface area contributed by atoms with Crippen molar-refractivity contribution in [2.75, 3.05) is 18.8 Å². The largest absolute Gasteiger partial charge is 0.482 e. The third-order valence-corrected chi connectivity index (χ3v) is 5.54. The molecule has 8 nitrogen and oxygen atoms in total. The highest BCUT2D eigenvalue weighted by Crippen LogP contribution is 2.32. The molecule has 0 spiro atoms. The highest BCUT2D eigenvalue weighted by molar-refractivity contribution is 6.13. The second-order valence-electron chi connectivity index (χ2n) is 8.32. The molecule has 6 N–H and O–H groups in total. The van der Waals surface area contributed by atoms with Crippen LogP contribution in [0, 0.1) is 11.7 Å². The minimum atomic E-state index is -0.565. The Balaban J connectivity index is 1.91. The summed E-state index contributed by atoms with van der Waals surface area (Å²) >= 11 is 0. The van der Waals surface area contributed by atoms with Crippen molar-refractivity contribution in [3.63, 3.8) is 0 Å². The molecule has 0 saturated heterocycles. The lowest BCUT2D eigenvalue weighted by molar-refractivity contribution is 0.227. The average Bonchev–Trinajstić information content (AvgIpc) is 3.60. The first-order valence-electron chi connectivity index (χ1n) is 10.9. The normalized spacial score (nSPS) is 21.6. The van der Waals surface area contributed by atoms with Crippen LogP contribution < -0.4 is 21.9 Å². The minimum absolute atomic E-state index is 0.206. The summed E-state index contributed by atoms with van der Waals surface area (Å²) in [5.41, 5.74) is 21.3. The molecule has 4 rings (SSSR count). The van der Waals surface area contributed by atoms with Gasteiger partial charge in [0.25, 0.3) is 0 Å². The highest BCUT2D eigenvalue weighted by atomic mass is 19.1. The Morgan fingerprint density at radius 2 is 2.09 bits per heavy atom. The number of benzene rings is 1. The Kier molecular flexibility index (Phi) is 6.39. The number of nitrogens with zero attached hydrogens (tertiary/aromatic N) is 4. The van der Waals surface area contributed by atoms with Crippen LogP contribution in [-0.2, 0) is 0 Å². The zero-order chi connectivity index (χ0) is 23.5. The maximum Gasteiger partial charge on any atom is 0.166 e. The van der Waals surface area contributed by atoms with Crippen LogP contribution in [0.5, 0.6) is 5.75 Å². The Morgan fingerprint density at radius 3 is 2.79 bits per heavy atom. The number of ether oxygens (including phenoxy) is 1. The molecule has 1 atom stereocenters. The fourth-order valence-electron chi connectivity index (χ4n) is 3.62. The van der Waals surface area contributed by atoms with E-state index < -0.39 is 11.9 Å². The summed E-state index contributed by atoms with van der Waals surface area (Å²) in [7, 11) is 0. The van der Waals surface area contributed by atoms with Crippen LogP contribution in [0.1, 0.15) is 49.5 Å². The van der Waals surface area contributed by atoms with E-state index in [9.17, 15) is 4.39 Å².